The van der Waals surface area contributed by atoms with Crippen molar-refractivity contribution in [2.45, 2.75) is 57.6 Å². The van der Waals surface area contributed by atoms with E-state index in [0.717, 1.165) is 19.9 Å². The van der Waals surface area contributed by atoms with E-state index < -0.39 is 34.1 Å². The number of carbonyl (C=O) groups excluding carboxylic acids is 2. The monoisotopic (exact) mass is 659 g/mol. The summed E-state index contributed by atoms with van der Waals surface area (Å²) in [6.07, 6.45) is 0. The number of nitrogens with one attached hydrogen (secondary N) is 1. The molecule has 0 fully saturated rings. The lowest BCUT2D eigenvalue weighted by atomic mass is 10.1. The van der Waals surface area contributed by atoms with Crippen LogP contribution in [0.25, 0.3) is 0 Å². The van der Waals surface area contributed by atoms with Gasteiger partial charge in [-0.15, -0.1) is 0 Å². The van der Waals surface area contributed by atoms with E-state index in [0.29, 0.717) is 11.4 Å². The number of nitrogens with zero attached hydrogens (tertiary/aromatic N) is 2. The Morgan fingerprint density at radius 1 is 0.929 bits per heavy atom. The van der Waals surface area contributed by atoms with E-state index in [4.69, 9.17) is 9.47 Å². The van der Waals surface area contributed by atoms with Gasteiger partial charge < -0.3 is 19.7 Å². The van der Waals surface area contributed by atoms with Gasteiger partial charge in [-0.05, 0) is 76.6 Å². The number of amides is 2. The molecule has 0 heterocycles. The Kier molecular flexibility index (Phi) is 10.7. The quantitative estimate of drug-likeness (QED) is 0.299. The highest BCUT2D eigenvalue weighted by Gasteiger charge is 2.33. The normalized spacial score (nSPS) is 12.3. The summed E-state index contributed by atoms with van der Waals surface area (Å²) in [5.74, 6) is -0.288. The Bertz CT molecular complexity index is 1500. The molecule has 11 heteroatoms. The zero-order valence-corrected chi connectivity index (χ0v) is 27.4. The number of benzene rings is 3. The number of carbonyl (C=O) groups is 2. The number of aryl methyl sites for hydroxylation is 1. The molecule has 0 radical (unpaired) electrons. The minimum Gasteiger partial charge on any atom is -0.493 e. The smallest absolute Gasteiger partial charge is 0.264 e. The third-order valence-corrected chi connectivity index (χ3v) is 8.77. The van der Waals surface area contributed by atoms with Gasteiger partial charge in [0.25, 0.3) is 10.0 Å². The second-order valence-electron chi connectivity index (χ2n) is 10.9. The fourth-order valence-electron chi connectivity index (χ4n) is 4.19. The Balaban J connectivity index is 2.07. The van der Waals surface area contributed by atoms with Crippen molar-refractivity contribution in [2.75, 3.05) is 25.1 Å². The summed E-state index contributed by atoms with van der Waals surface area (Å²) in [6, 6.07) is 17.6. The fraction of sp³-hybridized carbons (Fsp3) is 0.355. The Morgan fingerprint density at radius 2 is 1.52 bits per heavy atom. The average Bonchev–Trinajstić information content (AvgIpc) is 2.94. The molecule has 1 N–H and O–H groups in total. The number of anilines is 1. The van der Waals surface area contributed by atoms with Crippen molar-refractivity contribution in [3.63, 3.8) is 0 Å². The van der Waals surface area contributed by atoms with Gasteiger partial charge >= 0.3 is 0 Å². The summed E-state index contributed by atoms with van der Waals surface area (Å²) in [5.41, 5.74) is 1.49. The molecule has 9 nitrogen and oxygen atoms in total. The second-order valence-corrected chi connectivity index (χ2v) is 13.7. The summed E-state index contributed by atoms with van der Waals surface area (Å²) in [6.45, 7) is 8.65. The molecule has 0 aliphatic rings. The standard InChI is InChI=1S/C31H38BrN3O6S/c1-21-8-14-25(15-9-21)35(42(38,39)26-16-17-27(40-6)28(18-26)41-7)20-29(36)34(19-23-10-12-24(32)13-11-23)22(2)30(37)33-31(3,4)5/h8-18,22H,19-20H2,1-7H3,(H,33,37)/t22-/m0/s1. The lowest BCUT2D eigenvalue weighted by Crippen LogP contribution is -2.54. The van der Waals surface area contributed by atoms with Gasteiger partial charge in [-0.3, -0.25) is 13.9 Å². The first-order chi connectivity index (χ1) is 19.7. The highest BCUT2D eigenvalue weighted by molar-refractivity contribution is 9.10. The summed E-state index contributed by atoms with van der Waals surface area (Å²) in [5, 5.41) is 2.92. The largest absolute Gasteiger partial charge is 0.493 e. The van der Waals surface area contributed by atoms with Crippen molar-refractivity contribution in [1.29, 1.82) is 0 Å². The average molecular weight is 661 g/mol. The van der Waals surface area contributed by atoms with Crippen LogP contribution in [0.3, 0.4) is 0 Å². The number of ether oxygens (including phenoxy) is 2. The predicted octanol–water partition coefficient (Wildman–Crippen LogP) is 5.30. The predicted molar refractivity (Wildman–Crippen MR) is 167 cm³/mol. The molecule has 0 aliphatic carbocycles. The maximum Gasteiger partial charge on any atom is 0.264 e. The third-order valence-electron chi connectivity index (χ3n) is 6.48. The SMILES string of the molecule is COc1ccc(S(=O)(=O)N(CC(=O)N(Cc2ccc(Br)cc2)[C@@H](C)C(=O)NC(C)(C)C)c2ccc(C)cc2)cc1OC. The first-order valence-corrected chi connectivity index (χ1v) is 15.6. The molecule has 3 aromatic carbocycles. The van der Waals surface area contributed by atoms with Crippen molar-refractivity contribution in [1.82, 2.24) is 10.2 Å². The summed E-state index contributed by atoms with van der Waals surface area (Å²) >= 11 is 3.42. The number of halogens is 1. The van der Waals surface area contributed by atoms with Crippen LogP contribution in [0.2, 0.25) is 0 Å². The number of methoxy groups -OCH3 is 2. The van der Waals surface area contributed by atoms with Crippen LogP contribution < -0.4 is 19.1 Å². The molecular formula is C31H38BrN3O6S. The van der Waals surface area contributed by atoms with E-state index in [1.54, 1.807) is 31.2 Å². The number of rotatable bonds is 11. The molecule has 42 heavy (non-hydrogen) atoms. The highest BCUT2D eigenvalue weighted by Crippen LogP contribution is 2.32. The van der Waals surface area contributed by atoms with Gasteiger partial charge in [0.2, 0.25) is 11.8 Å². The maximum atomic E-state index is 14.1. The minimum absolute atomic E-state index is 0.0773. The summed E-state index contributed by atoms with van der Waals surface area (Å²) < 4.78 is 40.7. The lowest BCUT2D eigenvalue weighted by molar-refractivity contribution is -0.140. The molecule has 2 amide bonds. The fourth-order valence-corrected chi connectivity index (χ4v) is 5.88. The molecule has 0 spiro atoms. The van der Waals surface area contributed by atoms with Crippen LogP contribution in [0.5, 0.6) is 11.5 Å². The lowest BCUT2D eigenvalue weighted by Gasteiger charge is -2.33. The summed E-state index contributed by atoms with van der Waals surface area (Å²) in [7, 11) is -1.39. The topological polar surface area (TPSA) is 105 Å². The Labute approximate surface area is 257 Å². The Hall–Kier alpha value is -3.57. The highest BCUT2D eigenvalue weighted by atomic mass is 79.9. The molecule has 1 atom stereocenters. The van der Waals surface area contributed by atoms with Crippen LogP contribution in [-0.4, -0.2) is 57.5 Å². The van der Waals surface area contributed by atoms with Gasteiger partial charge in [0.05, 0.1) is 24.8 Å². The van der Waals surface area contributed by atoms with Crippen LogP contribution >= 0.6 is 15.9 Å². The second kappa shape index (κ2) is 13.6. The molecular weight excluding hydrogens is 622 g/mol. The molecule has 0 bridgehead atoms. The van der Waals surface area contributed by atoms with Crippen LogP contribution in [-0.2, 0) is 26.2 Å². The van der Waals surface area contributed by atoms with E-state index in [9.17, 15) is 18.0 Å². The first-order valence-electron chi connectivity index (χ1n) is 13.3. The Morgan fingerprint density at radius 3 is 2.07 bits per heavy atom. The molecule has 0 saturated heterocycles. The maximum absolute atomic E-state index is 14.1. The van der Waals surface area contributed by atoms with E-state index >= 15 is 0 Å². The molecule has 3 aromatic rings. The van der Waals surface area contributed by atoms with Crippen LogP contribution in [0.1, 0.15) is 38.8 Å². The van der Waals surface area contributed by atoms with Crippen molar-refractivity contribution in [3.8, 4) is 11.5 Å². The van der Waals surface area contributed by atoms with Gasteiger partial charge in [0.1, 0.15) is 12.6 Å². The number of hydrogen-bond donors (Lipinski definition) is 1. The van der Waals surface area contributed by atoms with Crippen molar-refractivity contribution < 1.29 is 27.5 Å². The van der Waals surface area contributed by atoms with Crippen molar-refractivity contribution >= 4 is 43.5 Å². The van der Waals surface area contributed by atoms with E-state index in [-0.39, 0.29) is 23.1 Å². The zero-order chi connectivity index (χ0) is 31.2. The minimum atomic E-state index is -4.26. The van der Waals surface area contributed by atoms with E-state index in [1.807, 2.05) is 52.0 Å². The van der Waals surface area contributed by atoms with Gasteiger partial charge in [-0.25, -0.2) is 8.42 Å². The van der Waals surface area contributed by atoms with Gasteiger partial charge in [0.15, 0.2) is 11.5 Å². The first kappa shape index (κ1) is 32.9. The molecule has 226 valence electrons. The number of hydrogen-bond acceptors (Lipinski definition) is 6. The van der Waals surface area contributed by atoms with E-state index in [2.05, 4.69) is 21.2 Å². The molecule has 0 aliphatic heterocycles. The molecule has 0 aromatic heterocycles. The molecule has 0 saturated carbocycles. The van der Waals surface area contributed by atoms with Gasteiger partial charge in [0, 0.05) is 22.6 Å². The van der Waals surface area contributed by atoms with Gasteiger partial charge in [-0.2, -0.15) is 0 Å². The van der Waals surface area contributed by atoms with Gasteiger partial charge in [-0.1, -0.05) is 45.8 Å². The molecule has 0 unspecified atom stereocenters. The zero-order valence-electron chi connectivity index (χ0n) is 25.0. The number of sulfonamides is 1. The molecule has 3 rings (SSSR count). The van der Waals surface area contributed by atoms with Crippen molar-refractivity contribution in [2.24, 2.45) is 0 Å². The summed E-state index contributed by atoms with van der Waals surface area (Å²) in [4.78, 5) is 28.6. The van der Waals surface area contributed by atoms with Crippen LogP contribution in [0.4, 0.5) is 5.69 Å². The van der Waals surface area contributed by atoms with E-state index in [1.165, 1.54) is 37.3 Å². The van der Waals surface area contributed by atoms with Crippen LogP contribution in [0, 0.1) is 6.92 Å². The third kappa shape index (κ3) is 8.25. The van der Waals surface area contributed by atoms with Crippen LogP contribution in [0.15, 0.2) is 76.1 Å². The van der Waals surface area contributed by atoms with Crippen molar-refractivity contribution in [3.05, 3.63) is 82.3 Å².